The molecule has 0 bridgehead atoms. The fraction of sp³-hybridized carbons (Fsp3) is 0.417. The Morgan fingerprint density at radius 2 is 1.87 bits per heavy atom. The molecule has 1 amide bonds. The van der Waals surface area contributed by atoms with E-state index in [1.807, 2.05) is 24.3 Å². The molecule has 0 spiro atoms. The van der Waals surface area contributed by atoms with Crippen molar-refractivity contribution in [3.8, 4) is 0 Å². The van der Waals surface area contributed by atoms with Gasteiger partial charge in [-0.2, -0.15) is 0 Å². The van der Waals surface area contributed by atoms with Gasteiger partial charge in [0.15, 0.2) is 0 Å². The van der Waals surface area contributed by atoms with Crippen LogP contribution >= 0.6 is 0 Å². The van der Waals surface area contributed by atoms with Gasteiger partial charge in [-0.3, -0.25) is 4.79 Å². The van der Waals surface area contributed by atoms with Crippen molar-refractivity contribution in [2.75, 3.05) is 19.4 Å². The van der Waals surface area contributed by atoms with Gasteiger partial charge in [0.2, 0.25) is 0 Å². The predicted octanol–water partition coefficient (Wildman–Crippen LogP) is 1.96. The molecule has 3 heteroatoms. The van der Waals surface area contributed by atoms with Gasteiger partial charge in [0.05, 0.1) is 0 Å². The first-order valence-corrected chi connectivity index (χ1v) is 5.25. The highest BCUT2D eigenvalue weighted by atomic mass is 16.2. The molecule has 80 valence electrons. The maximum atomic E-state index is 11.6. The lowest BCUT2D eigenvalue weighted by Gasteiger charge is -2.11. The van der Waals surface area contributed by atoms with Gasteiger partial charge in [-0.05, 0) is 37.1 Å². The van der Waals surface area contributed by atoms with Gasteiger partial charge in [0.25, 0.3) is 5.91 Å². The second kappa shape index (κ2) is 3.93. The number of benzene rings is 1. The molecule has 1 N–H and O–H groups in total. The Hall–Kier alpha value is -1.51. The molecule has 0 radical (unpaired) electrons. The number of hydrogen-bond acceptors (Lipinski definition) is 2. The average Bonchev–Trinajstić information content (AvgIpc) is 3.02. The SMILES string of the molecule is CN(C)C(=O)c1ccc(NC2CC2)cc1. The summed E-state index contributed by atoms with van der Waals surface area (Å²) in [6, 6.07) is 8.32. The number of rotatable bonds is 3. The van der Waals surface area contributed by atoms with Crippen molar-refractivity contribution in [3.63, 3.8) is 0 Å². The lowest BCUT2D eigenvalue weighted by molar-refractivity contribution is 0.0827. The first kappa shape index (κ1) is 10.0. The first-order valence-electron chi connectivity index (χ1n) is 5.25. The Labute approximate surface area is 90.1 Å². The fourth-order valence-corrected chi connectivity index (χ4v) is 1.43. The highest BCUT2D eigenvalue weighted by Gasteiger charge is 2.20. The fourth-order valence-electron chi connectivity index (χ4n) is 1.43. The largest absolute Gasteiger partial charge is 0.382 e. The standard InChI is InChI=1S/C12H16N2O/c1-14(2)12(15)9-3-5-10(6-4-9)13-11-7-8-11/h3-6,11,13H,7-8H2,1-2H3. The van der Waals surface area contributed by atoms with Gasteiger partial charge >= 0.3 is 0 Å². The van der Waals surface area contributed by atoms with Crippen molar-refractivity contribution < 1.29 is 4.79 Å². The number of carbonyl (C=O) groups is 1. The molecule has 2 rings (SSSR count). The van der Waals surface area contributed by atoms with Crippen molar-refractivity contribution >= 4 is 11.6 Å². The van der Waals surface area contributed by atoms with Gasteiger partial charge < -0.3 is 10.2 Å². The van der Waals surface area contributed by atoms with Gasteiger partial charge in [0, 0.05) is 31.4 Å². The van der Waals surface area contributed by atoms with Crippen molar-refractivity contribution in [1.29, 1.82) is 0 Å². The van der Waals surface area contributed by atoms with Crippen LogP contribution in [0.5, 0.6) is 0 Å². The monoisotopic (exact) mass is 204 g/mol. The number of carbonyl (C=O) groups excluding carboxylic acids is 1. The van der Waals surface area contributed by atoms with Crippen LogP contribution in [0.15, 0.2) is 24.3 Å². The van der Waals surface area contributed by atoms with E-state index >= 15 is 0 Å². The Morgan fingerprint density at radius 1 is 1.27 bits per heavy atom. The lowest BCUT2D eigenvalue weighted by Crippen LogP contribution is -2.21. The van der Waals surface area contributed by atoms with Crippen LogP contribution < -0.4 is 5.32 Å². The van der Waals surface area contributed by atoms with E-state index in [1.54, 1.807) is 19.0 Å². The third kappa shape index (κ3) is 2.49. The summed E-state index contributed by atoms with van der Waals surface area (Å²) in [5, 5.41) is 3.39. The number of amides is 1. The van der Waals surface area contributed by atoms with E-state index in [0.717, 1.165) is 11.3 Å². The Balaban J connectivity index is 2.05. The molecule has 15 heavy (non-hydrogen) atoms. The van der Waals surface area contributed by atoms with Crippen molar-refractivity contribution in [1.82, 2.24) is 4.90 Å². The zero-order chi connectivity index (χ0) is 10.8. The summed E-state index contributed by atoms with van der Waals surface area (Å²) in [7, 11) is 3.53. The molecule has 0 saturated heterocycles. The lowest BCUT2D eigenvalue weighted by atomic mass is 10.2. The van der Waals surface area contributed by atoms with Gasteiger partial charge in [-0.25, -0.2) is 0 Å². The normalized spacial score (nSPS) is 14.8. The van der Waals surface area contributed by atoms with Crippen LogP contribution in [-0.4, -0.2) is 30.9 Å². The van der Waals surface area contributed by atoms with Gasteiger partial charge in [-0.1, -0.05) is 0 Å². The predicted molar refractivity (Wildman–Crippen MR) is 61.1 cm³/mol. The molecule has 3 nitrogen and oxygen atoms in total. The van der Waals surface area contributed by atoms with Crippen LogP contribution in [0.2, 0.25) is 0 Å². The zero-order valence-electron chi connectivity index (χ0n) is 9.16. The molecular formula is C12H16N2O. The number of nitrogens with zero attached hydrogens (tertiary/aromatic N) is 1. The molecule has 1 fully saturated rings. The number of hydrogen-bond donors (Lipinski definition) is 1. The minimum Gasteiger partial charge on any atom is -0.382 e. The van der Waals surface area contributed by atoms with E-state index in [1.165, 1.54) is 12.8 Å². The summed E-state index contributed by atoms with van der Waals surface area (Å²) < 4.78 is 0. The Morgan fingerprint density at radius 3 is 2.33 bits per heavy atom. The molecule has 1 saturated carbocycles. The summed E-state index contributed by atoms with van der Waals surface area (Å²) >= 11 is 0. The van der Waals surface area contributed by atoms with Crippen LogP contribution in [0.25, 0.3) is 0 Å². The molecule has 0 aromatic heterocycles. The molecule has 0 heterocycles. The van der Waals surface area contributed by atoms with E-state index in [4.69, 9.17) is 0 Å². The first-order chi connectivity index (χ1) is 7.16. The minimum atomic E-state index is 0.0490. The number of nitrogens with one attached hydrogen (secondary N) is 1. The smallest absolute Gasteiger partial charge is 0.253 e. The van der Waals surface area contributed by atoms with E-state index in [9.17, 15) is 4.79 Å². The van der Waals surface area contributed by atoms with Crippen LogP contribution in [0, 0.1) is 0 Å². The maximum Gasteiger partial charge on any atom is 0.253 e. The maximum absolute atomic E-state index is 11.6. The van der Waals surface area contributed by atoms with E-state index in [2.05, 4.69) is 5.32 Å². The second-order valence-corrected chi connectivity index (χ2v) is 4.20. The average molecular weight is 204 g/mol. The van der Waals surface area contributed by atoms with E-state index in [0.29, 0.717) is 6.04 Å². The molecule has 1 aliphatic carbocycles. The van der Waals surface area contributed by atoms with E-state index < -0.39 is 0 Å². The summed E-state index contributed by atoms with van der Waals surface area (Å²) in [5.74, 6) is 0.0490. The highest BCUT2D eigenvalue weighted by Crippen LogP contribution is 2.24. The van der Waals surface area contributed by atoms with Crippen molar-refractivity contribution in [2.45, 2.75) is 18.9 Å². The quantitative estimate of drug-likeness (QED) is 0.816. The third-order valence-electron chi connectivity index (χ3n) is 2.49. The second-order valence-electron chi connectivity index (χ2n) is 4.20. The molecule has 0 atom stereocenters. The molecule has 1 aromatic carbocycles. The summed E-state index contributed by atoms with van der Waals surface area (Å²) in [6.45, 7) is 0. The van der Waals surface area contributed by atoms with Crippen LogP contribution in [0.1, 0.15) is 23.2 Å². The minimum absolute atomic E-state index is 0.0490. The Bertz CT molecular complexity index is 352. The summed E-state index contributed by atoms with van der Waals surface area (Å²) in [4.78, 5) is 13.2. The van der Waals surface area contributed by atoms with Crippen LogP contribution in [-0.2, 0) is 0 Å². The molecule has 0 aliphatic heterocycles. The third-order valence-corrected chi connectivity index (χ3v) is 2.49. The van der Waals surface area contributed by atoms with Crippen molar-refractivity contribution in [3.05, 3.63) is 29.8 Å². The molecule has 1 aromatic rings. The van der Waals surface area contributed by atoms with Gasteiger partial charge in [-0.15, -0.1) is 0 Å². The highest BCUT2D eigenvalue weighted by molar-refractivity contribution is 5.94. The Kier molecular flexibility index (Phi) is 2.62. The molecular weight excluding hydrogens is 188 g/mol. The van der Waals surface area contributed by atoms with Crippen LogP contribution in [0.4, 0.5) is 5.69 Å². The van der Waals surface area contributed by atoms with Gasteiger partial charge in [0.1, 0.15) is 0 Å². The number of anilines is 1. The topological polar surface area (TPSA) is 32.3 Å². The zero-order valence-corrected chi connectivity index (χ0v) is 9.16. The van der Waals surface area contributed by atoms with E-state index in [-0.39, 0.29) is 5.91 Å². The summed E-state index contributed by atoms with van der Waals surface area (Å²) in [6.07, 6.45) is 2.52. The van der Waals surface area contributed by atoms with Crippen LogP contribution in [0.3, 0.4) is 0 Å². The molecule has 0 unspecified atom stereocenters. The van der Waals surface area contributed by atoms with Crippen molar-refractivity contribution in [2.24, 2.45) is 0 Å². The summed E-state index contributed by atoms with van der Waals surface area (Å²) in [5.41, 5.74) is 1.84. The molecule has 1 aliphatic rings.